The van der Waals surface area contributed by atoms with Gasteiger partial charge in [0.25, 0.3) is 5.91 Å². The standard InChI is InChI=1S/C24H30N4O4/c1-17(23(29)18-7-4-3-5-8-18)25-24(30)21-19-9-6-10-20(31-2)22(19)28(26-21)12-11-27-13-15-32-16-14-27/h3-10,17,23,29H,11-16H2,1-2H3,(H,25,30)/t17-,23+/m0/s1. The minimum Gasteiger partial charge on any atom is -0.494 e. The third-order valence-electron chi connectivity index (χ3n) is 5.87. The number of nitrogens with one attached hydrogen (secondary N) is 1. The Labute approximate surface area is 187 Å². The molecule has 1 aliphatic heterocycles. The topological polar surface area (TPSA) is 88.8 Å². The Morgan fingerprint density at radius 1 is 1.16 bits per heavy atom. The minimum atomic E-state index is -0.815. The predicted molar refractivity (Wildman–Crippen MR) is 122 cm³/mol. The first-order valence-corrected chi connectivity index (χ1v) is 11.0. The van der Waals surface area contributed by atoms with Crippen molar-refractivity contribution < 1.29 is 19.4 Å². The molecule has 0 spiro atoms. The third-order valence-corrected chi connectivity index (χ3v) is 5.87. The maximum Gasteiger partial charge on any atom is 0.272 e. The summed E-state index contributed by atoms with van der Waals surface area (Å²) in [6.45, 7) is 6.47. The van der Waals surface area contributed by atoms with Crippen LogP contribution in [0.3, 0.4) is 0 Å². The van der Waals surface area contributed by atoms with E-state index in [0.717, 1.165) is 49.3 Å². The fourth-order valence-corrected chi connectivity index (χ4v) is 4.05. The van der Waals surface area contributed by atoms with E-state index in [4.69, 9.17) is 9.47 Å². The first-order chi connectivity index (χ1) is 15.6. The normalized spacial score (nSPS) is 16.6. The Morgan fingerprint density at radius 3 is 2.62 bits per heavy atom. The molecule has 1 aliphatic rings. The molecule has 1 aromatic heterocycles. The van der Waals surface area contributed by atoms with Crippen molar-refractivity contribution in [2.24, 2.45) is 0 Å². The summed E-state index contributed by atoms with van der Waals surface area (Å²) < 4.78 is 12.8. The van der Waals surface area contributed by atoms with Crippen LogP contribution in [0.15, 0.2) is 48.5 Å². The van der Waals surface area contributed by atoms with Crippen molar-refractivity contribution in [2.45, 2.75) is 25.6 Å². The number of benzene rings is 2. The molecule has 0 unspecified atom stereocenters. The molecule has 0 aliphatic carbocycles. The zero-order chi connectivity index (χ0) is 22.5. The number of nitrogens with zero attached hydrogens (tertiary/aromatic N) is 3. The van der Waals surface area contributed by atoms with Crippen LogP contribution in [-0.2, 0) is 11.3 Å². The van der Waals surface area contributed by atoms with Crippen molar-refractivity contribution in [3.05, 3.63) is 59.8 Å². The number of carbonyl (C=O) groups excluding carboxylic acids is 1. The SMILES string of the molecule is COc1cccc2c(C(=O)N[C@@H](C)[C@@H](O)c3ccccc3)nn(CCN3CCOCC3)c12. The van der Waals surface area contributed by atoms with E-state index in [1.54, 1.807) is 14.0 Å². The highest BCUT2D eigenvalue weighted by atomic mass is 16.5. The summed E-state index contributed by atoms with van der Waals surface area (Å²) in [6.07, 6.45) is -0.815. The molecule has 0 radical (unpaired) electrons. The second kappa shape index (κ2) is 10.1. The number of carbonyl (C=O) groups is 1. The van der Waals surface area contributed by atoms with Crippen LogP contribution in [0.5, 0.6) is 5.75 Å². The Hall–Kier alpha value is -2.94. The molecular weight excluding hydrogens is 408 g/mol. The van der Waals surface area contributed by atoms with E-state index in [1.165, 1.54) is 0 Å². The molecule has 0 saturated carbocycles. The van der Waals surface area contributed by atoms with E-state index >= 15 is 0 Å². The van der Waals surface area contributed by atoms with Gasteiger partial charge < -0.3 is 19.9 Å². The molecule has 3 aromatic rings. The fourth-order valence-electron chi connectivity index (χ4n) is 4.05. The highest BCUT2D eigenvalue weighted by Gasteiger charge is 2.24. The molecule has 2 aromatic carbocycles. The van der Waals surface area contributed by atoms with Crippen LogP contribution in [-0.4, -0.2) is 71.7 Å². The van der Waals surface area contributed by atoms with Gasteiger partial charge in [-0.25, -0.2) is 0 Å². The summed E-state index contributed by atoms with van der Waals surface area (Å²) >= 11 is 0. The van der Waals surface area contributed by atoms with Gasteiger partial charge in [-0.05, 0) is 18.6 Å². The van der Waals surface area contributed by atoms with Gasteiger partial charge in [0.2, 0.25) is 0 Å². The monoisotopic (exact) mass is 438 g/mol. The Morgan fingerprint density at radius 2 is 1.91 bits per heavy atom. The van der Waals surface area contributed by atoms with Gasteiger partial charge >= 0.3 is 0 Å². The number of morpholine rings is 1. The number of aliphatic hydroxyl groups is 1. The van der Waals surface area contributed by atoms with E-state index in [9.17, 15) is 9.90 Å². The number of para-hydroxylation sites is 1. The van der Waals surface area contributed by atoms with Crippen LogP contribution in [0, 0.1) is 0 Å². The number of aromatic nitrogens is 2. The molecule has 0 bridgehead atoms. The molecule has 1 saturated heterocycles. The molecule has 2 N–H and O–H groups in total. The lowest BCUT2D eigenvalue weighted by Gasteiger charge is -2.26. The average molecular weight is 439 g/mol. The van der Waals surface area contributed by atoms with Crippen LogP contribution < -0.4 is 10.1 Å². The van der Waals surface area contributed by atoms with Gasteiger partial charge in [0.1, 0.15) is 11.3 Å². The second-order valence-corrected chi connectivity index (χ2v) is 8.00. The quantitative estimate of drug-likeness (QED) is 0.561. The van der Waals surface area contributed by atoms with Crippen LogP contribution in [0.4, 0.5) is 0 Å². The molecular formula is C24H30N4O4. The zero-order valence-electron chi connectivity index (χ0n) is 18.5. The maximum absolute atomic E-state index is 13.2. The average Bonchev–Trinajstić information content (AvgIpc) is 3.22. The molecule has 32 heavy (non-hydrogen) atoms. The molecule has 1 fully saturated rings. The van der Waals surface area contributed by atoms with Gasteiger partial charge in [-0.15, -0.1) is 0 Å². The Kier molecular flexibility index (Phi) is 7.04. The number of fused-ring (bicyclic) bond motifs is 1. The largest absolute Gasteiger partial charge is 0.494 e. The van der Waals surface area contributed by atoms with Crippen molar-refractivity contribution >= 4 is 16.8 Å². The van der Waals surface area contributed by atoms with Crippen molar-refractivity contribution in [2.75, 3.05) is 40.0 Å². The smallest absolute Gasteiger partial charge is 0.272 e. The fraction of sp³-hybridized carbons (Fsp3) is 0.417. The number of methoxy groups -OCH3 is 1. The lowest BCUT2D eigenvalue weighted by molar-refractivity contribution is 0.0361. The van der Waals surface area contributed by atoms with E-state index in [2.05, 4.69) is 15.3 Å². The van der Waals surface area contributed by atoms with Gasteiger partial charge in [0.15, 0.2) is 5.69 Å². The lowest BCUT2D eigenvalue weighted by Crippen LogP contribution is -2.38. The second-order valence-electron chi connectivity index (χ2n) is 8.00. The first kappa shape index (κ1) is 22.3. The summed E-state index contributed by atoms with van der Waals surface area (Å²) in [5.74, 6) is 0.351. The Bertz CT molecular complexity index is 1050. The highest BCUT2D eigenvalue weighted by Crippen LogP contribution is 2.28. The van der Waals surface area contributed by atoms with Crippen molar-refractivity contribution in [3.8, 4) is 5.75 Å². The summed E-state index contributed by atoms with van der Waals surface area (Å²) in [5.41, 5.74) is 1.88. The van der Waals surface area contributed by atoms with Crippen LogP contribution in [0.1, 0.15) is 29.1 Å². The predicted octanol–water partition coefficient (Wildman–Crippen LogP) is 2.23. The molecule has 8 heteroatoms. The first-order valence-electron chi connectivity index (χ1n) is 11.0. The molecule has 2 atom stereocenters. The van der Waals surface area contributed by atoms with Crippen LogP contribution in [0.2, 0.25) is 0 Å². The highest BCUT2D eigenvalue weighted by molar-refractivity contribution is 6.06. The number of ether oxygens (including phenoxy) is 2. The number of aliphatic hydroxyl groups excluding tert-OH is 1. The van der Waals surface area contributed by atoms with Crippen LogP contribution in [0.25, 0.3) is 10.9 Å². The van der Waals surface area contributed by atoms with Gasteiger partial charge in [-0.1, -0.05) is 42.5 Å². The summed E-state index contributed by atoms with van der Waals surface area (Å²) in [4.78, 5) is 15.5. The number of rotatable bonds is 8. The minimum absolute atomic E-state index is 0.323. The maximum atomic E-state index is 13.2. The van der Waals surface area contributed by atoms with Crippen molar-refractivity contribution in [3.63, 3.8) is 0 Å². The van der Waals surface area contributed by atoms with Gasteiger partial charge in [0.05, 0.1) is 39.0 Å². The molecule has 2 heterocycles. The molecule has 4 rings (SSSR count). The van der Waals surface area contributed by atoms with Gasteiger partial charge in [-0.3, -0.25) is 14.4 Å². The summed E-state index contributed by atoms with van der Waals surface area (Å²) in [5, 5.41) is 18.9. The number of hydrogen-bond acceptors (Lipinski definition) is 6. The zero-order valence-corrected chi connectivity index (χ0v) is 18.5. The van der Waals surface area contributed by atoms with E-state index in [-0.39, 0.29) is 5.91 Å². The lowest BCUT2D eigenvalue weighted by atomic mass is 10.0. The molecule has 170 valence electrons. The summed E-state index contributed by atoms with van der Waals surface area (Å²) in [6, 6.07) is 14.4. The van der Waals surface area contributed by atoms with E-state index < -0.39 is 12.1 Å². The van der Waals surface area contributed by atoms with Crippen LogP contribution >= 0.6 is 0 Å². The van der Waals surface area contributed by atoms with Gasteiger partial charge in [-0.2, -0.15) is 5.10 Å². The van der Waals surface area contributed by atoms with Crippen molar-refractivity contribution in [1.82, 2.24) is 20.0 Å². The number of amides is 1. The van der Waals surface area contributed by atoms with E-state index in [0.29, 0.717) is 18.0 Å². The molecule has 1 amide bonds. The third kappa shape index (κ3) is 4.77. The number of hydrogen-bond donors (Lipinski definition) is 2. The summed E-state index contributed by atoms with van der Waals surface area (Å²) in [7, 11) is 1.62. The van der Waals surface area contributed by atoms with Crippen molar-refractivity contribution in [1.29, 1.82) is 0 Å². The van der Waals surface area contributed by atoms with E-state index in [1.807, 2.05) is 53.2 Å². The Balaban J connectivity index is 1.56. The van der Waals surface area contributed by atoms with Gasteiger partial charge in [0, 0.05) is 25.0 Å². The molecule has 8 nitrogen and oxygen atoms in total.